The van der Waals surface area contributed by atoms with Gasteiger partial charge in [-0.3, -0.25) is 4.79 Å². The largest absolute Gasteiger partial charge is 0.481 e. The topological polar surface area (TPSA) is 38.3 Å². The van der Waals surface area contributed by atoms with Gasteiger partial charge in [-0.05, 0) is 39.8 Å². The molecule has 18 heavy (non-hydrogen) atoms. The van der Waals surface area contributed by atoms with E-state index in [1.807, 2.05) is 20.8 Å². The molecular formula is C13H17Cl2NO2. The van der Waals surface area contributed by atoms with Gasteiger partial charge >= 0.3 is 0 Å². The van der Waals surface area contributed by atoms with Crippen molar-refractivity contribution in [2.75, 3.05) is 0 Å². The molecule has 1 amide bonds. The predicted molar refractivity (Wildman–Crippen MR) is 74.4 cm³/mol. The third-order valence-corrected chi connectivity index (χ3v) is 2.81. The lowest BCUT2D eigenvalue weighted by Crippen LogP contribution is -2.46. The fraction of sp³-hybridized carbons (Fsp3) is 0.462. The van der Waals surface area contributed by atoms with Crippen molar-refractivity contribution in [3.05, 3.63) is 28.2 Å². The second kappa shape index (κ2) is 5.81. The highest BCUT2D eigenvalue weighted by molar-refractivity contribution is 6.42. The van der Waals surface area contributed by atoms with Crippen LogP contribution in [0.2, 0.25) is 10.0 Å². The fourth-order valence-electron chi connectivity index (χ4n) is 1.28. The molecule has 0 radical (unpaired) electrons. The Morgan fingerprint density at radius 1 is 1.28 bits per heavy atom. The number of nitrogens with one attached hydrogen (secondary N) is 1. The van der Waals surface area contributed by atoms with E-state index < -0.39 is 6.10 Å². The van der Waals surface area contributed by atoms with E-state index in [0.29, 0.717) is 15.8 Å². The van der Waals surface area contributed by atoms with E-state index in [0.717, 1.165) is 0 Å². The summed E-state index contributed by atoms with van der Waals surface area (Å²) in [6, 6.07) is 4.90. The first-order chi connectivity index (χ1) is 8.19. The predicted octanol–water partition coefficient (Wildman–Crippen LogP) is 3.68. The zero-order chi connectivity index (χ0) is 13.9. The zero-order valence-corrected chi connectivity index (χ0v) is 12.4. The molecule has 0 saturated heterocycles. The van der Waals surface area contributed by atoms with Gasteiger partial charge in [-0.2, -0.15) is 0 Å². The summed E-state index contributed by atoms with van der Waals surface area (Å²) < 4.78 is 5.50. The Balaban J connectivity index is 2.66. The molecule has 0 fully saturated rings. The number of hydrogen-bond acceptors (Lipinski definition) is 2. The monoisotopic (exact) mass is 289 g/mol. The van der Waals surface area contributed by atoms with E-state index in [1.165, 1.54) is 0 Å². The maximum Gasteiger partial charge on any atom is 0.261 e. The normalized spacial score (nSPS) is 13.0. The molecule has 1 aromatic rings. The Kier molecular flexibility index (Phi) is 4.88. The zero-order valence-electron chi connectivity index (χ0n) is 10.9. The molecule has 1 atom stereocenters. The van der Waals surface area contributed by atoms with Crippen LogP contribution in [0.1, 0.15) is 27.7 Å². The molecule has 1 aromatic carbocycles. The number of carbonyl (C=O) groups excluding carboxylic acids is 1. The molecule has 1 unspecified atom stereocenters. The summed E-state index contributed by atoms with van der Waals surface area (Å²) in [5, 5.41) is 3.70. The lowest BCUT2D eigenvalue weighted by Gasteiger charge is -2.23. The second-order valence-corrected chi connectivity index (χ2v) is 5.89. The molecule has 3 nitrogen and oxygen atoms in total. The number of benzene rings is 1. The van der Waals surface area contributed by atoms with E-state index >= 15 is 0 Å². The van der Waals surface area contributed by atoms with Crippen LogP contribution in [0, 0.1) is 0 Å². The van der Waals surface area contributed by atoms with Crippen LogP contribution in [-0.4, -0.2) is 17.6 Å². The molecule has 0 saturated carbocycles. The fourth-order valence-corrected chi connectivity index (χ4v) is 1.57. The van der Waals surface area contributed by atoms with Crippen molar-refractivity contribution in [3.63, 3.8) is 0 Å². The van der Waals surface area contributed by atoms with Gasteiger partial charge in [-0.1, -0.05) is 23.2 Å². The molecule has 0 spiro atoms. The van der Waals surface area contributed by atoms with Gasteiger partial charge in [0.05, 0.1) is 10.0 Å². The number of carbonyl (C=O) groups is 1. The van der Waals surface area contributed by atoms with Crippen LogP contribution in [0.4, 0.5) is 0 Å². The second-order valence-electron chi connectivity index (χ2n) is 5.08. The summed E-state index contributed by atoms with van der Waals surface area (Å²) >= 11 is 11.7. The van der Waals surface area contributed by atoms with Crippen LogP contribution in [0.25, 0.3) is 0 Å². The van der Waals surface area contributed by atoms with Crippen molar-refractivity contribution < 1.29 is 9.53 Å². The number of halogens is 2. The standard InChI is InChI=1S/C13H17Cl2NO2/c1-8(12(17)16-13(2,3)4)18-9-5-6-10(14)11(15)7-9/h5-8H,1-4H3,(H,16,17). The van der Waals surface area contributed by atoms with E-state index in [9.17, 15) is 4.79 Å². The maximum absolute atomic E-state index is 11.8. The summed E-state index contributed by atoms with van der Waals surface area (Å²) in [7, 11) is 0. The van der Waals surface area contributed by atoms with Gasteiger partial charge in [0.2, 0.25) is 0 Å². The first kappa shape index (κ1) is 15.1. The highest BCUT2D eigenvalue weighted by atomic mass is 35.5. The van der Waals surface area contributed by atoms with Gasteiger partial charge in [0.1, 0.15) is 5.75 Å². The average Bonchev–Trinajstić information content (AvgIpc) is 2.21. The molecular weight excluding hydrogens is 273 g/mol. The first-order valence-electron chi connectivity index (χ1n) is 5.63. The Hall–Kier alpha value is -0.930. The number of hydrogen-bond donors (Lipinski definition) is 1. The summed E-state index contributed by atoms with van der Waals surface area (Å²) in [4.78, 5) is 11.8. The lowest BCUT2D eigenvalue weighted by molar-refractivity contribution is -0.128. The third kappa shape index (κ3) is 4.75. The molecule has 0 aliphatic rings. The van der Waals surface area contributed by atoms with Gasteiger partial charge in [0.25, 0.3) is 5.91 Å². The highest BCUT2D eigenvalue weighted by Crippen LogP contribution is 2.26. The van der Waals surface area contributed by atoms with Crippen LogP contribution >= 0.6 is 23.2 Å². The molecule has 0 heterocycles. The maximum atomic E-state index is 11.8. The van der Waals surface area contributed by atoms with Gasteiger partial charge in [0, 0.05) is 11.6 Å². The van der Waals surface area contributed by atoms with Crippen molar-refractivity contribution in [1.82, 2.24) is 5.32 Å². The van der Waals surface area contributed by atoms with Gasteiger partial charge in [-0.25, -0.2) is 0 Å². The van der Waals surface area contributed by atoms with Crippen molar-refractivity contribution >= 4 is 29.1 Å². The molecule has 1 rings (SSSR count). The number of rotatable bonds is 3. The third-order valence-electron chi connectivity index (χ3n) is 2.07. The van der Waals surface area contributed by atoms with E-state index in [2.05, 4.69) is 5.32 Å². The van der Waals surface area contributed by atoms with Crippen molar-refractivity contribution in [1.29, 1.82) is 0 Å². The molecule has 1 N–H and O–H groups in total. The van der Waals surface area contributed by atoms with E-state index in [1.54, 1.807) is 25.1 Å². The summed E-state index contributed by atoms with van der Waals surface area (Å²) in [6.45, 7) is 7.42. The minimum atomic E-state index is -0.596. The molecule has 0 aliphatic carbocycles. The van der Waals surface area contributed by atoms with Gasteiger partial charge in [-0.15, -0.1) is 0 Å². The Morgan fingerprint density at radius 3 is 2.39 bits per heavy atom. The molecule has 0 aromatic heterocycles. The van der Waals surface area contributed by atoms with Crippen LogP contribution in [0.5, 0.6) is 5.75 Å². The number of ether oxygens (including phenoxy) is 1. The van der Waals surface area contributed by atoms with Crippen molar-refractivity contribution in [2.45, 2.75) is 39.3 Å². The molecule has 0 bridgehead atoms. The van der Waals surface area contributed by atoms with Crippen LogP contribution in [0.15, 0.2) is 18.2 Å². The SMILES string of the molecule is CC(Oc1ccc(Cl)c(Cl)c1)C(=O)NC(C)(C)C. The Bertz CT molecular complexity index is 441. The lowest BCUT2D eigenvalue weighted by atomic mass is 10.1. The van der Waals surface area contributed by atoms with Crippen molar-refractivity contribution in [3.8, 4) is 5.75 Å². The van der Waals surface area contributed by atoms with E-state index in [4.69, 9.17) is 27.9 Å². The minimum Gasteiger partial charge on any atom is -0.481 e. The molecule has 0 aliphatic heterocycles. The smallest absolute Gasteiger partial charge is 0.261 e. The Morgan fingerprint density at radius 2 is 1.89 bits per heavy atom. The average molecular weight is 290 g/mol. The van der Waals surface area contributed by atoms with Crippen LogP contribution in [-0.2, 0) is 4.79 Å². The number of amides is 1. The van der Waals surface area contributed by atoms with Crippen LogP contribution < -0.4 is 10.1 Å². The summed E-state index contributed by atoms with van der Waals surface area (Å²) in [5.41, 5.74) is -0.285. The van der Waals surface area contributed by atoms with Crippen LogP contribution in [0.3, 0.4) is 0 Å². The van der Waals surface area contributed by atoms with Gasteiger partial charge < -0.3 is 10.1 Å². The van der Waals surface area contributed by atoms with Crippen molar-refractivity contribution in [2.24, 2.45) is 0 Å². The molecule has 5 heteroatoms. The highest BCUT2D eigenvalue weighted by Gasteiger charge is 2.20. The van der Waals surface area contributed by atoms with Gasteiger partial charge in [0.15, 0.2) is 6.10 Å². The summed E-state index contributed by atoms with van der Waals surface area (Å²) in [5.74, 6) is 0.342. The quantitative estimate of drug-likeness (QED) is 0.922. The summed E-state index contributed by atoms with van der Waals surface area (Å²) in [6.07, 6.45) is -0.596. The van der Waals surface area contributed by atoms with E-state index in [-0.39, 0.29) is 11.4 Å². The minimum absolute atomic E-state index is 0.173. The first-order valence-corrected chi connectivity index (χ1v) is 6.38. The Labute approximate surface area is 117 Å². The molecule has 100 valence electrons.